The zero-order chi connectivity index (χ0) is 22.1. The normalized spacial score (nSPS) is 20.9. The van der Waals surface area contributed by atoms with Gasteiger partial charge in [-0.2, -0.15) is 0 Å². The average Bonchev–Trinajstić information content (AvgIpc) is 3.52. The molecule has 2 atom stereocenters. The van der Waals surface area contributed by atoms with Crippen molar-refractivity contribution >= 4 is 34.8 Å². The van der Waals surface area contributed by atoms with Gasteiger partial charge in [-0.1, -0.05) is 60.8 Å². The Hall–Kier alpha value is -2.63. The molecule has 0 spiro atoms. The second-order valence-corrected chi connectivity index (χ2v) is 9.94. The van der Waals surface area contributed by atoms with Crippen molar-refractivity contribution in [2.75, 3.05) is 0 Å². The molecule has 0 saturated heterocycles. The van der Waals surface area contributed by atoms with E-state index in [1.165, 1.54) is 0 Å². The number of fused-ring (bicyclic) bond motifs is 1. The van der Waals surface area contributed by atoms with Gasteiger partial charge in [0.05, 0.1) is 12.0 Å². The molecule has 2 heterocycles. The SMILES string of the molecule is O=C(NCc1cccc(Cl)c1)[C@H]1c2ccccc2C(=O)N(C2CCCC2)[C@@H]1c1cccs1. The summed E-state index contributed by atoms with van der Waals surface area (Å²) in [6.07, 6.45) is 4.23. The van der Waals surface area contributed by atoms with E-state index in [4.69, 9.17) is 11.6 Å². The largest absolute Gasteiger partial charge is 0.351 e. The van der Waals surface area contributed by atoms with E-state index in [2.05, 4.69) is 11.4 Å². The smallest absolute Gasteiger partial charge is 0.254 e. The summed E-state index contributed by atoms with van der Waals surface area (Å²) in [5.41, 5.74) is 2.41. The molecule has 164 valence electrons. The Kier molecular flexibility index (Phi) is 6.03. The Morgan fingerprint density at radius 1 is 1.06 bits per heavy atom. The molecule has 4 nitrogen and oxygen atoms in total. The number of halogens is 1. The van der Waals surface area contributed by atoms with Crippen LogP contribution in [0.4, 0.5) is 0 Å². The highest BCUT2D eigenvalue weighted by atomic mass is 35.5. The van der Waals surface area contributed by atoms with Crippen molar-refractivity contribution in [3.8, 4) is 0 Å². The fourth-order valence-electron chi connectivity index (χ4n) is 5.13. The number of nitrogens with zero attached hydrogens (tertiary/aromatic N) is 1. The van der Waals surface area contributed by atoms with Gasteiger partial charge in [0.15, 0.2) is 0 Å². The number of rotatable bonds is 5. The number of thiophene rings is 1. The monoisotopic (exact) mass is 464 g/mol. The van der Waals surface area contributed by atoms with Crippen LogP contribution in [0.3, 0.4) is 0 Å². The first-order valence-electron chi connectivity index (χ1n) is 11.1. The number of hydrogen-bond acceptors (Lipinski definition) is 3. The van der Waals surface area contributed by atoms with E-state index in [1.54, 1.807) is 11.3 Å². The highest BCUT2D eigenvalue weighted by molar-refractivity contribution is 7.10. The van der Waals surface area contributed by atoms with E-state index in [9.17, 15) is 9.59 Å². The topological polar surface area (TPSA) is 49.4 Å². The van der Waals surface area contributed by atoms with E-state index in [0.29, 0.717) is 17.1 Å². The summed E-state index contributed by atoms with van der Waals surface area (Å²) in [5.74, 6) is -0.474. The molecule has 5 rings (SSSR count). The third-order valence-electron chi connectivity index (χ3n) is 6.57. The lowest BCUT2D eigenvalue weighted by molar-refractivity contribution is -0.124. The minimum absolute atomic E-state index is 0.0461. The summed E-state index contributed by atoms with van der Waals surface area (Å²) in [4.78, 5) is 30.5. The summed E-state index contributed by atoms with van der Waals surface area (Å²) in [6.45, 7) is 0.395. The number of carbonyl (C=O) groups is 2. The van der Waals surface area contributed by atoms with E-state index >= 15 is 0 Å². The van der Waals surface area contributed by atoms with Gasteiger partial charge in [0.2, 0.25) is 5.91 Å². The lowest BCUT2D eigenvalue weighted by atomic mass is 9.80. The molecule has 1 aliphatic heterocycles. The molecule has 0 radical (unpaired) electrons. The van der Waals surface area contributed by atoms with Crippen molar-refractivity contribution in [2.45, 2.75) is 50.2 Å². The highest BCUT2D eigenvalue weighted by Gasteiger charge is 2.47. The quantitative estimate of drug-likeness (QED) is 0.507. The molecule has 2 aliphatic rings. The Labute approximate surface area is 197 Å². The summed E-state index contributed by atoms with van der Waals surface area (Å²) in [7, 11) is 0. The second-order valence-electron chi connectivity index (χ2n) is 8.52. The van der Waals surface area contributed by atoms with Crippen molar-refractivity contribution in [2.24, 2.45) is 0 Å². The number of nitrogens with one attached hydrogen (secondary N) is 1. The van der Waals surface area contributed by atoms with Crippen molar-refractivity contribution < 1.29 is 9.59 Å². The van der Waals surface area contributed by atoms with Crippen LogP contribution in [0.25, 0.3) is 0 Å². The van der Waals surface area contributed by atoms with Crippen molar-refractivity contribution in [3.05, 3.63) is 92.6 Å². The van der Waals surface area contributed by atoms with Gasteiger partial charge in [-0.25, -0.2) is 0 Å². The number of benzene rings is 2. The van der Waals surface area contributed by atoms with Gasteiger partial charge in [-0.05, 0) is 53.6 Å². The van der Waals surface area contributed by atoms with Crippen LogP contribution < -0.4 is 5.32 Å². The first-order valence-corrected chi connectivity index (χ1v) is 12.4. The van der Waals surface area contributed by atoms with Crippen molar-refractivity contribution in [1.29, 1.82) is 0 Å². The lowest BCUT2D eigenvalue weighted by Gasteiger charge is -2.44. The Morgan fingerprint density at radius 3 is 2.62 bits per heavy atom. The Morgan fingerprint density at radius 2 is 1.88 bits per heavy atom. The fourth-order valence-corrected chi connectivity index (χ4v) is 6.20. The molecule has 0 bridgehead atoms. The molecule has 6 heteroatoms. The van der Waals surface area contributed by atoms with Crippen LogP contribution in [0.2, 0.25) is 5.02 Å². The predicted octanol–water partition coefficient (Wildman–Crippen LogP) is 5.94. The van der Waals surface area contributed by atoms with Crippen LogP contribution in [0.15, 0.2) is 66.0 Å². The molecule has 3 aromatic rings. The van der Waals surface area contributed by atoms with Gasteiger partial charge >= 0.3 is 0 Å². The number of amides is 2. The molecule has 1 saturated carbocycles. The molecule has 0 unspecified atom stereocenters. The predicted molar refractivity (Wildman–Crippen MR) is 128 cm³/mol. The fraction of sp³-hybridized carbons (Fsp3) is 0.308. The molecule has 2 aromatic carbocycles. The average molecular weight is 465 g/mol. The van der Waals surface area contributed by atoms with E-state index in [0.717, 1.165) is 41.7 Å². The number of hydrogen-bond donors (Lipinski definition) is 1. The van der Waals surface area contributed by atoms with E-state index < -0.39 is 5.92 Å². The first kappa shape index (κ1) is 21.2. The maximum atomic E-state index is 13.7. The molecular weight excluding hydrogens is 440 g/mol. The van der Waals surface area contributed by atoms with Crippen LogP contribution in [-0.4, -0.2) is 22.8 Å². The third-order valence-corrected chi connectivity index (χ3v) is 7.75. The molecule has 1 N–H and O–H groups in total. The van der Waals surface area contributed by atoms with E-state index in [1.807, 2.05) is 64.9 Å². The zero-order valence-corrected chi connectivity index (χ0v) is 19.2. The number of carbonyl (C=O) groups excluding carboxylic acids is 2. The van der Waals surface area contributed by atoms with Gasteiger partial charge in [0, 0.05) is 28.0 Å². The molecule has 32 heavy (non-hydrogen) atoms. The molecular formula is C26H25ClN2O2S. The van der Waals surface area contributed by atoms with Crippen LogP contribution in [0.1, 0.15) is 64.0 Å². The van der Waals surface area contributed by atoms with Gasteiger partial charge in [-0.15, -0.1) is 11.3 Å². The summed E-state index contributed by atoms with van der Waals surface area (Å²) in [6, 6.07) is 19.0. The molecule has 2 amide bonds. The Balaban J connectivity index is 1.54. The summed E-state index contributed by atoms with van der Waals surface area (Å²) >= 11 is 7.73. The van der Waals surface area contributed by atoms with Crippen molar-refractivity contribution in [1.82, 2.24) is 10.2 Å². The lowest BCUT2D eigenvalue weighted by Crippen LogP contribution is -2.50. The maximum Gasteiger partial charge on any atom is 0.254 e. The zero-order valence-electron chi connectivity index (χ0n) is 17.7. The summed E-state index contributed by atoms with van der Waals surface area (Å²) < 4.78 is 0. The van der Waals surface area contributed by atoms with Crippen LogP contribution in [0.5, 0.6) is 0 Å². The first-order chi connectivity index (χ1) is 15.6. The molecule has 1 aromatic heterocycles. The van der Waals surface area contributed by atoms with Crippen molar-refractivity contribution in [3.63, 3.8) is 0 Å². The van der Waals surface area contributed by atoms with Crippen LogP contribution >= 0.6 is 22.9 Å². The third kappa shape index (κ3) is 3.96. The van der Waals surface area contributed by atoms with Gasteiger partial charge in [-0.3, -0.25) is 9.59 Å². The van der Waals surface area contributed by atoms with Crippen LogP contribution in [-0.2, 0) is 11.3 Å². The Bertz CT molecular complexity index is 1120. The standard InChI is InChI=1S/C26H25ClN2O2S/c27-18-8-5-7-17(15-18)16-28-25(30)23-20-11-3-4-12-21(20)26(31)29(19-9-1-2-10-19)24(23)22-13-6-14-32-22/h3-8,11-15,19,23-24H,1-2,9-10,16H2,(H,28,30)/t23-,24+/m0/s1. The van der Waals surface area contributed by atoms with E-state index in [-0.39, 0.29) is 23.9 Å². The highest BCUT2D eigenvalue weighted by Crippen LogP contribution is 2.47. The van der Waals surface area contributed by atoms with Gasteiger partial charge in [0.1, 0.15) is 0 Å². The minimum atomic E-state index is -0.456. The van der Waals surface area contributed by atoms with Crippen LogP contribution in [0, 0.1) is 0 Å². The second kappa shape index (κ2) is 9.08. The van der Waals surface area contributed by atoms with Gasteiger partial charge in [0.25, 0.3) is 5.91 Å². The minimum Gasteiger partial charge on any atom is -0.351 e. The van der Waals surface area contributed by atoms with Gasteiger partial charge < -0.3 is 10.2 Å². The molecule has 1 aliphatic carbocycles. The maximum absolute atomic E-state index is 13.7. The molecule has 1 fully saturated rings. The summed E-state index contributed by atoms with van der Waals surface area (Å²) in [5, 5.41) is 5.79.